The molecule has 4 nitrogen and oxygen atoms in total. The highest BCUT2D eigenvalue weighted by Gasteiger charge is 2.30. The van der Waals surface area contributed by atoms with Crippen molar-refractivity contribution in [2.75, 3.05) is 11.9 Å². The third-order valence-electron chi connectivity index (χ3n) is 3.86. The number of benzene rings is 1. The van der Waals surface area contributed by atoms with Gasteiger partial charge in [0, 0.05) is 17.1 Å². The minimum absolute atomic E-state index is 0.0930. The first-order valence-corrected chi connectivity index (χ1v) is 9.08. The summed E-state index contributed by atoms with van der Waals surface area (Å²) in [4.78, 5) is 15.3. The number of rotatable bonds is 6. The number of alkyl halides is 3. The number of furan rings is 1. The van der Waals surface area contributed by atoms with Crippen LogP contribution in [0.3, 0.4) is 0 Å². The molecule has 0 saturated carbocycles. The van der Waals surface area contributed by atoms with Crippen LogP contribution in [0.2, 0.25) is 0 Å². The lowest BCUT2D eigenvalue weighted by Gasteiger charge is -2.22. The van der Waals surface area contributed by atoms with E-state index in [9.17, 15) is 18.0 Å². The molecule has 0 aliphatic heterocycles. The zero-order valence-electron chi connectivity index (χ0n) is 14.2. The van der Waals surface area contributed by atoms with Crippen LogP contribution in [0.1, 0.15) is 16.2 Å². The molecule has 0 radical (unpaired) electrons. The topological polar surface area (TPSA) is 45.5 Å². The molecule has 142 valence electrons. The minimum Gasteiger partial charge on any atom is -0.467 e. The van der Waals surface area contributed by atoms with Gasteiger partial charge in [-0.25, -0.2) is 4.79 Å². The molecule has 2 amide bonds. The molecule has 1 aromatic carbocycles. The number of halogens is 3. The van der Waals surface area contributed by atoms with Crippen LogP contribution in [-0.2, 0) is 19.1 Å². The van der Waals surface area contributed by atoms with E-state index < -0.39 is 17.8 Å². The Kier molecular flexibility index (Phi) is 5.85. The van der Waals surface area contributed by atoms with Gasteiger partial charge in [0.1, 0.15) is 5.76 Å². The molecule has 1 N–H and O–H groups in total. The van der Waals surface area contributed by atoms with Gasteiger partial charge in [-0.3, -0.25) is 0 Å². The molecule has 8 heteroatoms. The van der Waals surface area contributed by atoms with Gasteiger partial charge < -0.3 is 14.6 Å². The van der Waals surface area contributed by atoms with E-state index in [4.69, 9.17) is 4.42 Å². The van der Waals surface area contributed by atoms with Gasteiger partial charge in [-0.2, -0.15) is 13.2 Å². The monoisotopic (exact) mass is 394 g/mol. The zero-order valence-corrected chi connectivity index (χ0v) is 15.0. The SMILES string of the molecule is O=C(Nc1cccc(C(F)(F)F)c1)N(CCc1cccs1)Cc1ccco1. The molecule has 2 heterocycles. The molecule has 2 aromatic heterocycles. The van der Waals surface area contributed by atoms with Gasteiger partial charge in [0.05, 0.1) is 18.4 Å². The predicted molar refractivity (Wildman–Crippen MR) is 97.6 cm³/mol. The number of urea groups is 1. The Balaban J connectivity index is 1.71. The van der Waals surface area contributed by atoms with Crippen molar-refractivity contribution >= 4 is 23.1 Å². The standard InChI is InChI=1S/C19H17F3N2O2S/c20-19(21,22)14-4-1-5-15(12-14)23-18(25)24(13-16-6-2-10-26-16)9-8-17-7-3-11-27-17/h1-7,10-12H,8-9,13H2,(H,23,25). The first-order valence-electron chi connectivity index (χ1n) is 8.20. The first-order chi connectivity index (χ1) is 12.9. The minimum atomic E-state index is -4.46. The fourth-order valence-corrected chi connectivity index (χ4v) is 3.22. The molecule has 3 rings (SSSR count). The van der Waals surface area contributed by atoms with Gasteiger partial charge >= 0.3 is 12.2 Å². The second-order valence-electron chi connectivity index (χ2n) is 5.84. The van der Waals surface area contributed by atoms with E-state index in [1.54, 1.807) is 23.5 Å². The van der Waals surface area contributed by atoms with Crippen molar-refractivity contribution in [3.63, 3.8) is 0 Å². The lowest BCUT2D eigenvalue weighted by atomic mass is 10.2. The average Bonchev–Trinajstić information content (AvgIpc) is 3.32. The van der Waals surface area contributed by atoms with Crippen LogP contribution < -0.4 is 5.32 Å². The number of carbonyl (C=O) groups is 1. The number of anilines is 1. The summed E-state index contributed by atoms with van der Waals surface area (Å²) < 4.78 is 43.9. The average molecular weight is 394 g/mol. The normalized spacial score (nSPS) is 11.4. The Morgan fingerprint density at radius 3 is 2.67 bits per heavy atom. The maximum Gasteiger partial charge on any atom is 0.416 e. The van der Waals surface area contributed by atoms with Crippen LogP contribution in [0.4, 0.5) is 23.7 Å². The molecule has 27 heavy (non-hydrogen) atoms. The number of nitrogens with zero attached hydrogens (tertiary/aromatic N) is 1. The van der Waals surface area contributed by atoms with Crippen LogP contribution in [0, 0.1) is 0 Å². The number of carbonyl (C=O) groups excluding carboxylic acids is 1. The summed E-state index contributed by atoms with van der Waals surface area (Å²) >= 11 is 1.59. The second-order valence-corrected chi connectivity index (χ2v) is 6.87. The maximum absolute atomic E-state index is 12.9. The van der Waals surface area contributed by atoms with Gasteiger partial charge in [0.25, 0.3) is 0 Å². The first kappa shape index (κ1) is 19.0. The van der Waals surface area contributed by atoms with Crippen molar-refractivity contribution in [1.82, 2.24) is 4.90 Å². The molecule has 0 aliphatic carbocycles. The highest BCUT2D eigenvalue weighted by molar-refractivity contribution is 7.09. The summed E-state index contributed by atoms with van der Waals surface area (Å²) in [6.45, 7) is 0.634. The third-order valence-corrected chi connectivity index (χ3v) is 4.80. The Bertz CT molecular complexity index is 861. The lowest BCUT2D eigenvalue weighted by Crippen LogP contribution is -2.36. The smallest absolute Gasteiger partial charge is 0.416 e. The predicted octanol–water partition coefficient (Wildman–Crippen LogP) is 5.64. The molecule has 3 aromatic rings. The van der Waals surface area contributed by atoms with Gasteiger partial charge in [-0.1, -0.05) is 12.1 Å². The molecule has 0 aliphatic rings. The lowest BCUT2D eigenvalue weighted by molar-refractivity contribution is -0.137. The van der Waals surface area contributed by atoms with E-state index >= 15 is 0 Å². The second kappa shape index (κ2) is 8.30. The molecule has 0 bridgehead atoms. The molecule has 0 saturated heterocycles. The number of hydrogen-bond acceptors (Lipinski definition) is 3. The third kappa shape index (κ3) is 5.37. The Morgan fingerprint density at radius 1 is 1.15 bits per heavy atom. The fraction of sp³-hybridized carbons (Fsp3) is 0.211. The van der Waals surface area contributed by atoms with E-state index in [1.807, 2.05) is 17.5 Å². The van der Waals surface area contributed by atoms with Crippen LogP contribution in [0.15, 0.2) is 64.6 Å². The van der Waals surface area contributed by atoms with Gasteiger partial charge in [-0.15, -0.1) is 11.3 Å². The van der Waals surface area contributed by atoms with Crippen molar-refractivity contribution in [1.29, 1.82) is 0 Å². The molecule has 0 fully saturated rings. The number of hydrogen-bond donors (Lipinski definition) is 1. The molecular formula is C19H17F3N2O2S. The molecular weight excluding hydrogens is 377 g/mol. The van der Waals surface area contributed by atoms with E-state index in [-0.39, 0.29) is 12.2 Å². The Labute approximate surface area is 158 Å². The van der Waals surface area contributed by atoms with Gasteiger partial charge in [0.2, 0.25) is 0 Å². The largest absolute Gasteiger partial charge is 0.467 e. The van der Waals surface area contributed by atoms with Crippen molar-refractivity contribution in [2.24, 2.45) is 0 Å². The van der Waals surface area contributed by atoms with Crippen LogP contribution in [0.5, 0.6) is 0 Å². The zero-order chi connectivity index (χ0) is 19.3. The number of amides is 2. The maximum atomic E-state index is 12.9. The summed E-state index contributed by atoms with van der Waals surface area (Å²) in [6, 6.07) is 11.5. The molecule has 0 spiro atoms. The van der Waals surface area contributed by atoms with Crippen LogP contribution in [0.25, 0.3) is 0 Å². The molecule has 0 unspecified atom stereocenters. The van der Waals surface area contributed by atoms with Crippen molar-refractivity contribution in [3.05, 3.63) is 76.4 Å². The molecule has 0 atom stereocenters. The number of nitrogens with one attached hydrogen (secondary N) is 1. The van der Waals surface area contributed by atoms with Crippen molar-refractivity contribution in [3.8, 4) is 0 Å². The van der Waals surface area contributed by atoms with Crippen molar-refractivity contribution < 1.29 is 22.4 Å². The summed E-state index contributed by atoms with van der Waals surface area (Å²) in [5.74, 6) is 0.598. The fourth-order valence-electron chi connectivity index (χ4n) is 2.52. The van der Waals surface area contributed by atoms with E-state index in [2.05, 4.69) is 5.32 Å². The highest BCUT2D eigenvalue weighted by Crippen LogP contribution is 2.30. The van der Waals surface area contributed by atoms with Crippen molar-refractivity contribution in [2.45, 2.75) is 19.1 Å². The van der Waals surface area contributed by atoms with Crippen LogP contribution in [-0.4, -0.2) is 17.5 Å². The number of thiophene rings is 1. The van der Waals surface area contributed by atoms with E-state index in [0.29, 0.717) is 18.7 Å². The summed E-state index contributed by atoms with van der Waals surface area (Å²) in [5.41, 5.74) is -0.716. The Hall–Kier alpha value is -2.74. The van der Waals surface area contributed by atoms with Gasteiger partial charge in [0.15, 0.2) is 0 Å². The van der Waals surface area contributed by atoms with E-state index in [1.165, 1.54) is 23.3 Å². The highest BCUT2D eigenvalue weighted by atomic mass is 32.1. The summed E-state index contributed by atoms with van der Waals surface area (Å²) in [6.07, 6.45) is -2.31. The van der Waals surface area contributed by atoms with Crippen LogP contribution >= 0.6 is 11.3 Å². The Morgan fingerprint density at radius 2 is 2.00 bits per heavy atom. The summed E-state index contributed by atoms with van der Waals surface area (Å²) in [7, 11) is 0. The van der Waals surface area contributed by atoms with Gasteiger partial charge in [-0.05, 0) is 48.2 Å². The quantitative estimate of drug-likeness (QED) is 0.588. The van der Waals surface area contributed by atoms with E-state index in [0.717, 1.165) is 17.0 Å². The summed E-state index contributed by atoms with van der Waals surface area (Å²) in [5, 5.41) is 4.50.